The number of aryl methyl sites for hydroxylation is 1. The highest BCUT2D eigenvalue weighted by atomic mass is 35.5. The number of sulfonamides is 1. The number of benzene rings is 1. The third kappa shape index (κ3) is 3.29. The first-order valence-corrected chi connectivity index (χ1v) is 8.60. The van der Waals surface area contributed by atoms with E-state index in [1.807, 2.05) is 30.3 Å². The van der Waals surface area contributed by atoms with Crippen molar-refractivity contribution in [3.05, 3.63) is 59.8 Å². The van der Waals surface area contributed by atoms with E-state index in [-0.39, 0.29) is 16.7 Å². The van der Waals surface area contributed by atoms with Crippen LogP contribution in [0.3, 0.4) is 0 Å². The van der Waals surface area contributed by atoms with Crippen LogP contribution in [0, 0.1) is 0 Å². The van der Waals surface area contributed by atoms with Crippen molar-refractivity contribution in [3.8, 4) is 5.69 Å². The summed E-state index contributed by atoms with van der Waals surface area (Å²) in [4.78, 5) is 3.81. The van der Waals surface area contributed by atoms with Crippen LogP contribution in [0.5, 0.6) is 0 Å². The topological polar surface area (TPSA) is 81.8 Å². The van der Waals surface area contributed by atoms with Crippen LogP contribution in [-0.2, 0) is 23.6 Å². The maximum Gasteiger partial charge on any atom is 0.261 e. The highest BCUT2D eigenvalue weighted by Crippen LogP contribution is 2.18. The van der Waals surface area contributed by atoms with Crippen LogP contribution in [0.25, 0.3) is 5.69 Å². The van der Waals surface area contributed by atoms with Gasteiger partial charge >= 0.3 is 0 Å². The Hall–Kier alpha value is -2.16. The second kappa shape index (κ2) is 6.15. The van der Waals surface area contributed by atoms with Crippen LogP contribution >= 0.6 is 11.6 Å². The average Bonchev–Trinajstić information content (AvgIpc) is 3.15. The molecule has 0 aliphatic heterocycles. The number of imidazole rings is 1. The number of halogens is 1. The van der Waals surface area contributed by atoms with Crippen LogP contribution in [0.15, 0.2) is 53.9 Å². The van der Waals surface area contributed by atoms with Crippen molar-refractivity contribution in [3.63, 3.8) is 0 Å². The number of nitrogens with zero attached hydrogens (tertiary/aromatic N) is 4. The van der Waals surface area contributed by atoms with E-state index in [1.165, 1.54) is 10.9 Å². The fourth-order valence-corrected chi connectivity index (χ4v) is 3.42. The smallest absolute Gasteiger partial charge is 0.261 e. The lowest BCUT2D eigenvalue weighted by atomic mass is 10.3. The molecule has 0 unspecified atom stereocenters. The van der Waals surface area contributed by atoms with Crippen molar-refractivity contribution < 1.29 is 8.42 Å². The average molecular weight is 352 g/mol. The van der Waals surface area contributed by atoms with Gasteiger partial charge in [-0.3, -0.25) is 0 Å². The van der Waals surface area contributed by atoms with Crippen molar-refractivity contribution in [1.29, 1.82) is 0 Å². The minimum Gasteiger partial charge on any atom is -0.324 e. The summed E-state index contributed by atoms with van der Waals surface area (Å²) in [6.07, 6.45) is 3.12. The van der Waals surface area contributed by atoms with Gasteiger partial charge in [-0.15, -0.1) is 0 Å². The molecule has 9 heteroatoms. The summed E-state index contributed by atoms with van der Waals surface area (Å²) >= 11 is 5.92. The van der Waals surface area contributed by atoms with Gasteiger partial charge in [0.2, 0.25) is 5.03 Å². The van der Waals surface area contributed by atoms with Crippen molar-refractivity contribution in [2.75, 3.05) is 0 Å². The predicted molar refractivity (Wildman–Crippen MR) is 85.8 cm³/mol. The maximum atomic E-state index is 12.2. The minimum absolute atomic E-state index is 0.0507. The summed E-state index contributed by atoms with van der Waals surface area (Å²) < 4.78 is 30.0. The zero-order valence-electron chi connectivity index (χ0n) is 12.2. The normalized spacial score (nSPS) is 11.7. The first kappa shape index (κ1) is 15.7. The van der Waals surface area contributed by atoms with Gasteiger partial charge in [-0.25, -0.2) is 22.8 Å². The number of rotatable bonds is 5. The Balaban J connectivity index is 1.74. The Labute approximate surface area is 138 Å². The van der Waals surface area contributed by atoms with Gasteiger partial charge in [0.15, 0.2) is 0 Å². The van der Waals surface area contributed by atoms with Crippen molar-refractivity contribution in [2.24, 2.45) is 7.05 Å². The van der Waals surface area contributed by atoms with E-state index < -0.39 is 10.0 Å². The summed E-state index contributed by atoms with van der Waals surface area (Å²) in [6, 6.07) is 11.3. The van der Waals surface area contributed by atoms with E-state index in [4.69, 9.17) is 11.6 Å². The number of hydrogen-bond donors (Lipinski definition) is 1. The Morgan fingerprint density at radius 1 is 1.22 bits per heavy atom. The van der Waals surface area contributed by atoms with E-state index >= 15 is 0 Å². The summed E-state index contributed by atoms with van der Waals surface area (Å²) in [5.74, 6) is 0. The highest BCUT2D eigenvalue weighted by molar-refractivity contribution is 7.89. The van der Waals surface area contributed by atoms with E-state index in [0.29, 0.717) is 5.69 Å². The van der Waals surface area contributed by atoms with E-state index in [9.17, 15) is 8.42 Å². The van der Waals surface area contributed by atoms with Crippen LogP contribution < -0.4 is 4.72 Å². The molecule has 0 saturated heterocycles. The lowest BCUT2D eigenvalue weighted by molar-refractivity contribution is 0.576. The third-order valence-electron chi connectivity index (χ3n) is 3.20. The van der Waals surface area contributed by atoms with Crippen LogP contribution in [0.1, 0.15) is 5.69 Å². The first-order chi connectivity index (χ1) is 11.0. The molecule has 0 amide bonds. The van der Waals surface area contributed by atoms with Crippen molar-refractivity contribution in [2.45, 2.75) is 11.6 Å². The summed E-state index contributed by atoms with van der Waals surface area (Å²) in [5, 5.41) is 4.21. The van der Waals surface area contributed by atoms with Gasteiger partial charge in [-0.2, -0.15) is 5.10 Å². The van der Waals surface area contributed by atoms with Gasteiger partial charge < -0.3 is 4.57 Å². The molecule has 0 spiro atoms. The zero-order valence-corrected chi connectivity index (χ0v) is 13.8. The molecule has 3 aromatic rings. The van der Waals surface area contributed by atoms with Crippen LogP contribution in [0.2, 0.25) is 5.15 Å². The largest absolute Gasteiger partial charge is 0.324 e. The van der Waals surface area contributed by atoms with Crippen molar-refractivity contribution in [1.82, 2.24) is 24.1 Å². The molecule has 23 heavy (non-hydrogen) atoms. The molecule has 0 fully saturated rings. The van der Waals surface area contributed by atoms with Crippen molar-refractivity contribution >= 4 is 21.6 Å². The fraction of sp³-hybridized carbons (Fsp3) is 0.143. The second-order valence-electron chi connectivity index (χ2n) is 4.86. The highest BCUT2D eigenvalue weighted by Gasteiger charge is 2.22. The Morgan fingerprint density at radius 3 is 2.61 bits per heavy atom. The Kier molecular flexibility index (Phi) is 4.20. The quantitative estimate of drug-likeness (QED) is 0.759. The molecule has 0 atom stereocenters. The predicted octanol–water partition coefficient (Wildman–Crippen LogP) is 1.74. The summed E-state index contributed by atoms with van der Waals surface area (Å²) in [6.45, 7) is 0.0507. The van der Waals surface area contributed by atoms with Crippen LogP contribution in [0.4, 0.5) is 0 Å². The fourth-order valence-electron chi connectivity index (χ4n) is 1.99. The van der Waals surface area contributed by atoms with Gasteiger partial charge in [-0.1, -0.05) is 29.8 Å². The Morgan fingerprint density at radius 2 is 1.96 bits per heavy atom. The van der Waals surface area contributed by atoms with Gasteiger partial charge in [-0.05, 0) is 18.2 Å². The number of hydrogen-bond acceptors (Lipinski definition) is 4. The first-order valence-electron chi connectivity index (χ1n) is 6.74. The molecule has 3 rings (SSSR count). The van der Waals surface area contributed by atoms with E-state index in [2.05, 4.69) is 14.8 Å². The monoisotopic (exact) mass is 351 g/mol. The Bertz CT molecular complexity index is 918. The molecule has 0 aliphatic rings. The molecule has 0 radical (unpaired) electrons. The van der Waals surface area contributed by atoms with Gasteiger partial charge in [0.05, 0.1) is 24.3 Å². The molecule has 1 N–H and O–H groups in total. The van der Waals surface area contributed by atoms with Gasteiger partial charge in [0.1, 0.15) is 5.15 Å². The van der Waals surface area contributed by atoms with E-state index in [1.54, 1.807) is 24.0 Å². The maximum absolute atomic E-state index is 12.2. The molecular formula is C14H14ClN5O2S. The molecular weight excluding hydrogens is 338 g/mol. The standard InChI is InChI=1S/C14H14ClN5O2S/c1-19-10-16-14(13(19)15)23(21,22)17-9-11-7-8-20(18-11)12-5-3-2-4-6-12/h2-8,10,17H,9H2,1H3. The lowest BCUT2D eigenvalue weighted by Crippen LogP contribution is -2.24. The molecule has 0 bridgehead atoms. The van der Waals surface area contributed by atoms with Gasteiger partial charge in [0.25, 0.3) is 10.0 Å². The second-order valence-corrected chi connectivity index (χ2v) is 6.90. The number of aromatic nitrogens is 4. The molecule has 7 nitrogen and oxygen atoms in total. The lowest BCUT2D eigenvalue weighted by Gasteiger charge is -2.03. The molecule has 2 heterocycles. The third-order valence-corrected chi connectivity index (χ3v) is 5.09. The summed E-state index contributed by atoms with van der Waals surface area (Å²) in [5.41, 5.74) is 1.49. The van der Waals surface area contributed by atoms with E-state index in [0.717, 1.165) is 5.69 Å². The molecule has 120 valence electrons. The SMILES string of the molecule is Cn1cnc(S(=O)(=O)NCc2ccn(-c3ccccc3)n2)c1Cl. The van der Waals surface area contributed by atoms with Gasteiger partial charge in [0, 0.05) is 13.2 Å². The minimum atomic E-state index is -3.79. The number of nitrogens with one attached hydrogen (secondary N) is 1. The number of para-hydroxylation sites is 1. The summed E-state index contributed by atoms with van der Waals surface area (Å²) in [7, 11) is -2.17. The zero-order chi connectivity index (χ0) is 16.4. The molecule has 0 aliphatic carbocycles. The molecule has 2 aromatic heterocycles. The molecule has 1 aromatic carbocycles. The molecule has 0 saturated carbocycles. The van der Waals surface area contributed by atoms with Crippen LogP contribution in [-0.4, -0.2) is 27.7 Å².